The fourth-order valence-electron chi connectivity index (χ4n) is 1.93. The molecule has 1 saturated heterocycles. The number of nitrogens with one attached hydrogen (secondary N) is 1. The molecule has 0 spiro atoms. The minimum atomic E-state index is 0.115. The van der Waals surface area contributed by atoms with E-state index in [1.165, 1.54) is 11.8 Å². The Balaban J connectivity index is 1.85. The molecular weight excluding hydrogens is 238 g/mol. The monoisotopic (exact) mass is 253 g/mol. The molecule has 0 saturated carbocycles. The second kappa shape index (κ2) is 5.35. The number of hydrogen-bond donors (Lipinski definition) is 1. The molecule has 6 heteroatoms. The molecule has 1 amide bonds. The third-order valence-corrected chi connectivity index (χ3v) is 3.78. The van der Waals surface area contributed by atoms with Crippen LogP contribution in [0.15, 0.2) is 12.3 Å². The Morgan fingerprint density at radius 1 is 1.71 bits per heavy atom. The van der Waals surface area contributed by atoms with Crippen molar-refractivity contribution in [3.63, 3.8) is 0 Å². The third kappa shape index (κ3) is 3.33. The van der Waals surface area contributed by atoms with Gasteiger partial charge in [0.1, 0.15) is 0 Å². The summed E-state index contributed by atoms with van der Waals surface area (Å²) in [6.07, 6.45) is 2.23. The Morgan fingerprint density at radius 3 is 3.18 bits per heavy atom. The molecule has 0 aliphatic carbocycles. The van der Waals surface area contributed by atoms with E-state index in [4.69, 9.17) is 0 Å². The highest BCUT2D eigenvalue weighted by molar-refractivity contribution is 8.13. The van der Waals surface area contributed by atoms with Crippen molar-refractivity contribution in [2.45, 2.75) is 19.9 Å². The zero-order valence-electron chi connectivity index (χ0n) is 9.68. The number of nitrogens with zero attached hydrogens (tertiary/aromatic N) is 2. The van der Waals surface area contributed by atoms with Gasteiger partial charge >= 0.3 is 0 Å². The Hall–Kier alpha value is -1.30. The lowest BCUT2D eigenvalue weighted by Gasteiger charge is -2.15. The molecule has 1 fully saturated rings. The first-order chi connectivity index (χ1) is 8.15. The number of aromatic amines is 1. The van der Waals surface area contributed by atoms with Gasteiger partial charge in [-0.15, -0.1) is 0 Å². The fourth-order valence-corrected chi connectivity index (χ4v) is 2.63. The number of H-pyrrole nitrogens is 1. The lowest BCUT2D eigenvalue weighted by molar-refractivity contribution is -0.128. The van der Waals surface area contributed by atoms with Crippen LogP contribution >= 0.6 is 11.8 Å². The summed E-state index contributed by atoms with van der Waals surface area (Å²) in [4.78, 5) is 24.4. The van der Waals surface area contributed by atoms with E-state index in [0.717, 1.165) is 18.0 Å². The number of hydrogen-bond acceptors (Lipinski definition) is 4. The van der Waals surface area contributed by atoms with Crippen LogP contribution in [0.5, 0.6) is 0 Å². The average Bonchev–Trinajstić information content (AvgIpc) is 2.87. The van der Waals surface area contributed by atoms with E-state index in [0.29, 0.717) is 18.9 Å². The minimum absolute atomic E-state index is 0.115. The summed E-state index contributed by atoms with van der Waals surface area (Å²) >= 11 is 1.30. The van der Waals surface area contributed by atoms with E-state index in [-0.39, 0.29) is 11.0 Å². The Labute approximate surface area is 104 Å². The number of carbonyl (C=O) groups excluding carboxylic acids is 2. The molecule has 17 heavy (non-hydrogen) atoms. The number of thioether (sulfide) groups is 1. The van der Waals surface area contributed by atoms with Crippen LogP contribution < -0.4 is 0 Å². The van der Waals surface area contributed by atoms with Crippen molar-refractivity contribution in [3.8, 4) is 0 Å². The maximum absolute atomic E-state index is 11.8. The van der Waals surface area contributed by atoms with E-state index in [1.54, 1.807) is 13.1 Å². The van der Waals surface area contributed by atoms with Crippen LogP contribution in [0.4, 0.5) is 0 Å². The summed E-state index contributed by atoms with van der Waals surface area (Å²) in [6.45, 7) is 2.88. The molecule has 92 valence electrons. The van der Waals surface area contributed by atoms with Gasteiger partial charge in [0.2, 0.25) is 5.91 Å². The summed E-state index contributed by atoms with van der Waals surface area (Å²) in [5, 5.41) is 6.82. The van der Waals surface area contributed by atoms with Gasteiger partial charge in [0, 0.05) is 31.8 Å². The number of rotatable bonds is 4. The molecule has 1 aromatic rings. The van der Waals surface area contributed by atoms with Crippen molar-refractivity contribution in [2.75, 3.05) is 12.3 Å². The molecule has 2 heterocycles. The lowest BCUT2D eigenvalue weighted by atomic mass is 10.1. The van der Waals surface area contributed by atoms with Gasteiger partial charge in [0.15, 0.2) is 5.12 Å². The van der Waals surface area contributed by atoms with Crippen molar-refractivity contribution in [2.24, 2.45) is 5.92 Å². The Kier molecular flexibility index (Phi) is 3.83. The zero-order valence-corrected chi connectivity index (χ0v) is 10.5. The highest BCUT2D eigenvalue weighted by Gasteiger charge is 2.29. The molecule has 1 aliphatic rings. The molecule has 5 nitrogen and oxygen atoms in total. The van der Waals surface area contributed by atoms with Gasteiger partial charge in [0.25, 0.3) is 0 Å². The minimum Gasteiger partial charge on any atom is -0.336 e. The highest BCUT2D eigenvalue weighted by atomic mass is 32.2. The summed E-state index contributed by atoms with van der Waals surface area (Å²) in [5.41, 5.74) is 0.943. The van der Waals surface area contributed by atoms with Crippen molar-refractivity contribution in [1.82, 2.24) is 15.1 Å². The first-order valence-electron chi connectivity index (χ1n) is 5.54. The first kappa shape index (κ1) is 12.2. The smallest absolute Gasteiger partial charge is 0.223 e. The summed E-state index contributed by atoms with van der Waals surface area (Å²) in [5.74, 6) is 1.19. The van der Waals surface area contributed by atoms with E-state index in [9.17, 15) is 9.59 Å². The summed E-state index contributed by atoms with van der Waals surface area (Å²) in [7, 11) is 0. The van der Waals surface area contributed by atoms with E-state index in [1.807, 2.05) is 11.0 Å². The van der Waals surface area contributed by atoms with Gasteiger partial charge in [-0.3, -0.25) is 14.7 Å². The van der Waals surface area contributed by atoms with E-state index >= 15 is 0 Å². The zero-order chi connectivity index (χ0) is 12.3. The van der Waals surface area contributed by atoms with Crippen LogP contribution in [0.1, 0.15) is 19.0 Å². The maximum atomic E-state index is 11.8. The van der Waals surface area contributed by atoms with Gasteiger partial charge in [0.05, 0.1) is 12.2 Å². The molecule has 2 rings (SSSR count). The largest absolute Gasteiger partial charge is 0.336 e. The van der Waals surface area contributed by atoms with Crippen molar-refractivity contribution in [1.29, 1.82) is 0 Å². The molecule has 0 bridgehead atoms. The number of amides is 1. The molecule has 0 radical (unpaired) electrons. The normalized spacial score (nSPS) is 19.9. The summed E-state index contributed by atoms with van der Waals surface area (Å²) in [6, 6.07) is 1.87. The van der Waals surface area contributed by atoms with Crippen LogP contribution in [0.2, 0.25) is 0 Å². The van der Waals surface area contributed by atoms with Crippen molar-refractivity contribution < 1.29 is 9.59 Å². The molecule has 1 atom stereocenters. The predicted octanol–water partition coefficient (Wildman–Crippen LogP) is 1.04. The highest BCUT2D eigenvalue weighted by Crippen LogP contribution is 2.23. The maximum Gasteiger partial charge on any atom is 0.223 e. The number of likely N-dealkylation sites (tertiary alicyclic amines) is 1. The van der Waals surface area contributed by atoms with E-state index in [2.05, 4.69) is 10.2 Å². The van der Waals surface area contributed by atoms with Gasteiger partial charge in [-0.2, -0.15) is 5.10 Å². The molecule has 0 aromatic carbocycles. The molecule has 1 unspecified atom stereocenters. The molecule has 1 aliphatic heterocycles. The van der Waals surface area contributed by atoms with E-state index < -0.39 is 0 Å². The Bertz CT molecular complexity index is 405. The second-order valence-corrected chi connectivity index (χ2v) is 5.43. The van der Waals surface area contributed by atoms with Gasteiger partial charge in [-0.1, -0.05) is 11.8 Å². The standard InChI is InChI=1S/C11H15N3O2S/c1-8(15)17-7-9-4-11(16)14(5-9)6-10-2-3-12-13-10/h2-3,9H,4-7H2,1H3,(H,12,13). The lowest BCUT2D eigenvalue weighted by Crippen LogP contribution is -2.25. The molecule has 1 N–H and O–H groups in total. The van der Waals surface area contributed by atoms with Crippen molar-refractivity contribution >= 4 is 22.8 Å². The molecular formula is C11H15N3O2S. The number of aromatic nitrogens is 2. The van der Waals surface area contributed by atoms with Crippen molar-refractivity contribution in [3.05, 3.63) is 18.0 Å². The number of carbonyl (C=O) groups is 2. The second-order valence-electron chi connectivity index (χ2n) is 4.23. The average molecular weight is 253 g/mol. The van der Waals surface area contributed by atoms with Gasteiger partial charge < -0.3 is 4.90 Å². The third-order valence-electron chi connectivity index (χ3n) is 2.74. The topological polar surface area (TPSA) is 66.1 Å². The van der Waals surface area contributed by atoms with Crippen LogP contribution in [0.3, 0.4) is 0 Å². The van der Waals surface area contributed by atoms with Crippen LogP contribution in [0, 0.1) is 5.92 Å². The van der Waals surface area contributed by atoms with Crippen LogP contribution in [0.25, 0.3) is 0 Å². The van der Waals surface area contributed by atoms with Gasteiger partial charge in [-0.25, -0.2) is 0 Å². The fraction of sp³-hybridized carbons (Fsp3) is 0.545. The Morgan fingerprint density at radius 2 is 2.53 bits per heavy atom. The quantitative estimate of drug-likeness (QED) is 0.870. The predicted molar refractivity (Wildman–Crippen MR) is 65.3 cm³/mol. The van der Waals surface area contributed by atoms with Crippen LogP contribution in [-0.4, -0.2) is 38.4 Å². The SMILES string of the molecule is CC(=O)SCC1CC(=O)N(Cc2ccn[nH]2)C1. The summed E-state index contributed by atoms with van der Waals surface area (Å²) < 4.78 is 0. The van der Waals surface area contributed by atoms with Gasteiger partial charge in [-0.05, 0) is 12.0 Å². The van der Waals surface area contributed by atoms with Crippen LogP contribution in [-0.2, 0) is 16.1 Å². The first-order valence-corrected chi connectivity index (χ1v) is 6.53. The molecule has 1 aromatic heterocycles.